The van der Waals surface area contributed by atoms with Crippen molar-refractivity contribution < 1.29 is 4.79 Å². The third-order valence-corrected chi connectivity index (χ3v) is 3.82. The summed E-state index contributed by atoms with van der Waals surface area (Å²) >= 11 is 0. The average Bonchev–Trinajstić information content (AvgIpc) is 2.44. The van der Waals surface area contributed by atoms with Gasteiger partial charge >= 0.3 is 0 Å². The molecule has 21 heavy (non-hydrogen) atoms. The zero-order valence-corrected chi connectivity index (χ0v) is 12.9. The summed E-state index contributed by atoms with van der Waals surface area (Å²) in [6, 6.07) is 7.63. The number of nitrogen functional groups attached to an aromatic ring is 1. The van der Waals surface area contributed by atoms with E-state index in [0.717, 1.165) is 10.8 Å². The van der Waals surface area contributed by atoms with Crippen LogP contribution >= 0.6 is 0 Å². The molecule has 112 valence electrons. The number of nitrogens with one attached hydrogen (secondary N) is 2. The normalized spacial score (nSPS) is 13.0. The summed E-state index contributed by atoms with van der Waals surface area (Å²) in [4.78, 5) is 16.7. The van der Waals surface area contributed by atoms with Gasteiger partial charge in [0, 0.05) is 17.6 Å². The molecule has 0 fully saturated rings. The second-order valence-electron chi connectivity index (χ2n) is 6.27. The summed E-state index contributed by atoms with van der Waals surface area (Å²) in [6.07, 6.45) is 1.56. The second-order valence-corrected chi connectivity index (χ2v) is 6.27. The Morgan fingerprint density at radius 2 is 1.86 bits per heavy atom. The predicted molar refractivity (Wildman–Crippen MR) is 85.9 cm³/mol. The van der Waals surface area contributed by atoms with E-state index >= 15 is 0 Å². The number of rotatable bonds is 3. The summed E-state index contributed by atoms with van der Waals surface area (Å²) in [7, 11) is 0. The lowest BCUT2D eigenvalue weighted by Crippen LogP contribution is -2.41. The fourth-order valence-electron chi connectivity index (χ4n) is 1.98. The van der Waals surface area contributed by atoms with Crippen LogP contribution in [-0.4, -0.2) is 16.9 Å². The highest BCUT2D eigenvalue weighted by molar-refractivity contribution is 6.09. The molecular formula is C16H22N4O. The predicted octanol–water partition coefficient (Wildman–Crippen LogP) is 2.68. The van der Waals surface area contributed by atoms with Crippen molar-refractivity contribution in [3.63, 3.8) is 0 Å². The molecule has 2 rings (SSSR count). The number of nitrogens with zero attached hydrogens (tertiary/aromatic N) is 1. The number of carbonyl (C=O) groups excluding carboxylic acids is 1. The Bertz CT molecular complexity index is 661. The molecule has 2 aromatic rings. The number of fused-ring (bicyclic) bond motifs is 1. The van der Waals surface area contributed by atoms with E-state index in [2.05, 4.69) is 36.5 Å². The maximum absolute atomic E-state index is 12.5. The van der Waals surface area contributed by atoms with Crippen molar-refractivity contribution in [3.05, 3.63) is 36.0 Å². The Labute approximate surface area is 124 Å². The van der Waals surface area contributed by atoms with Crippen LogP contribution in [0.15, 0.2) is 30.5 Å². The van der Waals surface area contributed by atoms with Crippen molar-refractivity contribution in [1.82, 2.24) is 10.3 Å². The summed E-state index contributed by atoms with van der Waals surface area (Å²) < 4.78 is 0. The molecule has 1 aromatic heterocycles. The van der Waals surface area contributed by atoms with Gasteiger partial charge < -0.3 is 10.7 Å². The number of carbonyl (C=O) groups is 1. The second kappa shape index (κ2) is 5.69. The van der Waals surface area contributed by atoms with E-state index in [-0.39, 0.29) is 17.4 Å². The van der Waals surface area contributed by atoms with Gasteiger partial charge in [-0.15, -0.1) is 0 Å². The van der Waals surface area contributed by atoms with Crippen LogP contribution in [0.25, 0.3) is 10.8 Å². The fourth-order valence-corrected chi connectivity index (χ4v) is 1.98. The molecule has 0 bridgehead atoms. The van der Waals surface area contributed by atoms with Crippen molar-refractivity contribution in [2.45, 2.75) is 33.7 Å². The molecule has 5 heteroatoms. The first-order valence-electron chi connectivity index (χ1n) is 7.00. The van der Waals surface area contributed by atoms with Crippen LogP contribution < -0.4 is 16.6 Å². The highest BCUT2D eigenvalue weighted by atomic mass is 16.1. The Morgan fingerprint density at radius 1 is 1.24 bits per heavy atom. The monoisotopic (exact) mass is 286 g/mol. The standard InChI is InChI=1S/C16H22N4O/c1-10(16(2,3)4)19-15(21)13-9-18-14(20-17)12-8-6-5-7-11(12)13/h5-10H,17H2,1-4H3,(H,18,20)(H,19,21). The molecule has 1 atom stereocenters. The molecule has 0 aliphatic carbocycles. The quantitative estimate of drug-likeness (QED) is 0.598. The molecule has 0 aliphatic heterocycles. The number of nitrogens with two attached hydrogens (primary N) is 1. The van der Waals surface area contributed by atoms with Crippen LogP contribution in [0, 0.1) is 5.41 Å². The lowest BCUT2D eigenvalue weighted by Gasteiger charge is -2.28. The van der Waals surface area contributed by atoms with Gasteiger partial charge in [-0.1, -0.05) is 45.0 Å². The lowest BCUT2D eigenvalue weighted by molar-refractivity contribution is 0.0911. The number of anilines is 1. The Morgan fingerprint density at radius 3 is 2.43 bits per heavy atom. The van der Waals surface area contributed by atoms with E-state index in [1.54, 1.807) is 6.20 Å². The summed E-state index contributed by atoms with van der Waals surface area (Å²) in [5.74, 6) is 5.91. The molecule has 5 nitrogen and oxygen atoms in total. The molecule has 1 heterocycles. The highest BCUT2D eigenvalue weighted by Crippen LogP contribution is 2.25. The van der Waals surface area contributed by atoms with E-state index in [1.165, 1.54) is 0 Å². The minimum absolute atomic E-state index is 0.00233. The van der Waals surface area contributed by atoms with Gasteiger partial charge in [-0.05, 0) is 17.7 Å². The van der Waals surface area contributed by atoms with Crippen LogP contribution in [-0.2, 0) is 0 Å². The van der Waals surface area contributed by atoms with E-state index in [4.69, 9.17) is 5.84 Å². The van der Waals surface area contributed by atoms with Crippen LogP contribution in [0.5, 0.6) is 0 Å². The van der Waals surface area contributed by atoms with Gasteiger partial charge in [-0.2, -0.15) is 0 Å². The van der Waals surface area contributed by atoms with Gasteiger partial charge in [0.15, 0.2) is 0 Å². The highest BCUT2D eigenvalue weighted by Gasteiger charge is 2.23. The number of benzene rings is 1. The maximum atomic E-state index is 12.5. The molecule has 0 saturated carbocycles. The molecule has 1 aromatic carbocycles. The van der Waals surface area contributed by atoms with Crippen molar-refractivity contribution in [2.75, 3.05) is 5.43 Å². The molecule has 4 N–H and O–H groups in total. The lowest BCUT2D eigenvalue weighted by atomic mass is 9.88. The van der Waals surface area contributed by atoms with Gasteiger partial charge in [0.1, 0.15) is 5.82 Å². The molecule has 1 unspecified atom stereocenters. The van der Waals surface area contributed by atoms with Gasteiger partial charge in [0.25, 0.3) is 5.91 Å². The van der Waals surface area contributed by atoms with Crippen molar-refractivity contribution in [2.24, 2.45) is 11.3 Å². The molecule has 0 spiro atoms. The average molecular weight is 286 g/mol. The number of hydrogen-bond donors (Lipinski definition) is 3. The SMILES string of the molecule is CC(NC(=O)c1cnc(NN)c2ccccc12)C(C)(C)C. The van der Waals surface area contributed by atoms with Crippen LogP contribution in [0.1, 0.15) is 38.1 Å². The topological polar surface area (TPSA) is 80.0 Å². The van der Waals surface area contributed by atoms with E-state index in [9.17, 15) is 4.79 Å². The number of aromatic nitrogens is 1. The van der Waals surface area contributed by atoms with Gasteiger partial charge in [0.2, 0.25) is 0 Å². The minimum Gasteiger partial charge on any atom is -0.349 e. The van der Waals surface area contributed by atoms with Crippen molar-refractivity contribution >= 4 is 22.5 Å². The first-order chi connectivity index (χ1) is 9.84. The Balaban J connectivity index is 2.41. The summed E-state index contributed by atoms with van der Waals surface area (Å²) in [5, 5.41) is 4.70. The molecule has 0 saturated heterocycles. The van der Waals surface area contributed by atoms with Crippen LogP contribution in [0.4, 0.5) is 5.82 Å². The zero-order chi connectivity index (χ0) is 15.6. The minimum atomic E-state index is -0.121. The van der Waals surface area contributed by atoms with Crippen LogP contribution in [0.2, 0.25) is 0 Å². The summed E-state index contributed by atoms with van der Waals surface area (Å²) in [5.41, 5.74) is 3.11. The number of hydrazine groups is 1. The van der Waals surface area contributed by atoms with Gasteiger partial charge in [-0.25, -0.2) is 10.8 Å². The van der Waals surface area contributed by atoms with Gasteiger partial charge in [0.05, 0.1) is 5.56 Å². The third-order valence-electron chi connectivity index (χ3n) is 3.82. The Kier molecular flexibility index (Phi) is 4.14. The fraction of sp³-hybridized carbons (Fsp3) is 0.375. The molecule has 1 amide bonds. The Hall–Kier alpha value is -2.14. The number of pyridine rings is 1. The zero-order valence-electron chi connectivity index (χ0n) is 12.9. The first kappa shape index (κ1) is 15.3. The number of hydrogen-bond acceptors (Lipinski definition) is 4. The summed E-state index contributed by atoms with van der Waals surface area (Å²) in [6.45, 7) is 8.28. The molecule has 0 aliphatic rings. The number of amides is 1. The third kappa shape index (κ3) is 3.13. The maximum Gasteiger partial charge on any atom is 0.253 e. The molecular weight excluding hydrogens is 264 g/mol. The van der Waals surface area contributed by atoms with Gasteiger partial charge in [-0.3, -0.25) is 4.79 Å². The van der Waals surface area contributed by atoms with Crippen molar-refractivity contribution in [1.29, 1.82) is 0 Å². The van der Waals surface area contributed by atoms with E-state index in [0.29, 0.717) is 11.4 Å². The van der Waals surface area contributed by atoms with E-state index in [1.807, 2.05) is 31.2 Å². The smallest absolute Gasteiger partial charge is 0.253 e. The van der Waals surface area contributed by atoms with Crippen molar-refractivity contribution in [3.8, 4) is 0 Å². The molecule has 0 radical (unpaired) electrons. The van der Waals surface area contributed by atoms with Crippen LogP contribution in [0.3, 0.4) is 0 Å². The largest absolute Gasteiger partial charge is 0.349 e. The first-order valence-corrected chi connectivity index (χ1v) is 7.00. The van der Waals surface area contributed by atoms with E-state index < -0.39 is 0 Å².